The Morgan fingerprint density at radius 2 is 1.89 bits per heavy atom. The molecule has 35 heavy (non-hydrogen) atoms. The number of carbonyl (C=O) groups excluding carboxylic acids is 2. The second kappa shape index (κ2) is 10.4. The number of thioether (sulfide) groups is 1. The molecule has 9 nitrogen and oxygen atoms in total. The Morgan fingerprint density at radius 1 is 1.06 bits per heavy atom. The smallest absolute Gasteiger partial charge is 0.290 e. The predicted octanol–water partition coefficient (Wildman–Crippen LogP) is 4.80. The lowest BCUT2D eigenvalue weighted by atomic mass is 10.1. The van der Waals surface area contributed by atoms with Crippen LogP contribution in [0.4, 0.5) is 10.6 Å². The van der Waals surface area contributed by atoms with Crippen LogP contribution < -0.4 is 19.7 Å². The molecule has 178 valence electrons. The molecule has 0 atom stereocenters. The average Bonchev–Trinajstić information content (AvgIpc) is 3.17. The summed E-state index contributed by atoms with van der Waals surface area (Å²) < 4.78 is 12.9. The molecular weight excluding hydrogens is 534 g/mol. The van der Waals surface area contributed by atoms with Crippen LogP contribution >= 0.6 is 27.7 Å². The lowest BCUT2D eigenvalue weighted by molar-refractivity contribution is -0.115. The van der Waals surface area contributed by atoms with Crippen molar-refractivity contribution in [2.75, 3.05) is 18.0 Å². The van der Waals surface area contributed by atoms with E-state index < -0.39 is 5.91 Å². The van der Waals surface area contributed by atoms with Crippen LogP contribution in [0.25, 0.3) is 6.08 Å². The van der Waals surface area contributed by atoms with E-state index in [-0.39, 0.29) is 11.3 Å². The van der Waals surface area contributed by atoms with Gasteiger partial charge in [0.1, 0.15) is 24.0 Å². The van der Waals surface area contributed by atoms with Crippen molar-refractivity contribution in [2.24, 2.45) is 0 Å². The first kappa shape index (κ1) is 23.3. The van der Waals surface area contributed by atoms with Crippen LogP contribution in [-0.2, 0) is 4.79 Å². The van der Waals surface area contributed by atoms with Crippen LogP contribution in [0.1, 0.15) is 18.4 Å². The number of nitrogens with one attached hydrogen (secondary N) is 1. The van der Waals surface area contributed by atoms with Crippen LogP contribution in [0.2, 0.25) is 0 Å². The maximum Gasteiger partial charge on any atom is 0.290 e. The van der Waals surface area contributed by atoms with E-state index in [4.69, 9.17) is 9.47 Å². The number of nitrogens with zero attached hydrogens (tertiary/aromatic N) is 4. The van der Waals surface area contributed by atoms with Gasteiger partial charge in [-0.15, -0.1) is 0 Å². The number of aromatic nitrogens is 3. The lowest BCUT2D eigenvalue weighted by Crippen LogP contribution is -2.38. The van der Waals surface area contributed by atoms with E-state index in [1.807, 2.05) is 18.2 Å². The number of pyridine rings is 1. The van der Waals surface area contributed by atoms with Crippen molar-refractivity contribution in [3.63, 3.8) is 0 Å². The first-order chi connectivity index (χ1) is 17.0. The Balaban J connectivity index is 1.19. The summed E-state index contributed by atoms with van der Waals surface area (Å²) in [5.41, 5.74) is 0.729. The summed E-state index contributed by atoms with van der Waals surface area (Å²) >= 11 is 4.29. The van der Waals surface area contributed by atoms with E-state index in [2.05, 4.69) is 41.1 Å². The summed E-state index contributed by atoms with van der Waals surface area (Å²) in [4.78, 5) is 38.6. The van der Waals surface area contributed by atoms with Gasteiger partial charge in [0.25, 0.3) is 11.1 Å². The summed E-state index contributed by atoms with van der Waals surface area (Å²) in [5, 5.41) is 1.86. The molecule has 2 aliphatic heterocycles. The summed E-state index contributed by atoms with van der Waals surface area (Å²) in [7, 11) is 0. The van der Waals surface area contributed by atoms with Crippen LogP contribution in [0.5, 0.6) is 17.5 Å². The van der Waals surface area contributed by atoms with Gasteiger partial charge in [-0.25, -0.2) is 15.0 Å². The van der Waals surface area contributed by atoms with Gasteiger partial charge in [0.15, 0.2) is 0 Å². The number of imide groups is 1. The SMILES string of the molecule is O=C1NC(=O)/C(=C/c2cccc(Oc3cc(OC4CCN(c5ccc(Br)cn5)CC4)ncn3)c2)S1. The van der Waals surface area contributed by atoms with Crippen molar-refractivity contribution in [2.45, 2.75) is 18.9 Å². The van der Waals surface area contributed by atoms with Crippen LogP contribution in [0.3, 0.4) is 0 Å². The van der Waals surface area contributed by atoms with Crippen LogP contribution in [0, 0.1) is 0 Å². The third-order valence-corrected chi connectivity index (χ3v) is 6.68. The largest absolute Gasteiger partial charge is 0.474 e. The monoisotopic (exact) mass is 553 g/mol. The van der Waals surface area contributed by atoms with Crippen molar-refractivity contribution in [3.05, 3.63) is 69.9 Å². The topological polar surface area (TPSA) is 107 Å². The van der Waals surface area contributed by atoms with Crippen LogP contribution in [0.15, 0.2) is 64.4 Å². The van der Waals surface area contributed by atoms with E-state index in [0.29, 0.717) is 22.4 Å². The molecule has 0 bridgehead atoms. The van der Waals surface area contributed by atoms with E-state index >= 15 is 0 Å². The molecule has 5 rings (SSSR count). The Bertz CT molecular complexity index is 1280. The van der Waals surface area contributed by atoms with Crippen molar-refractivity contribution < 1.29 is 19.1 Å². The highest BCUT2D eigenvalue weighted by Gasteiger charge is 2.25. The van der Waals surface area contributed by atoms with Gasteiger partial charge in [0, 0.05) is 36.6 Å². The molecule has 0 spiro atoms. The Morgan fingerprint density at radius 3 is 2.63 bits per heavy atom. The molecule has 3 aromatic rings. The fourth-order valence-corrected chi connectivity index (χ4v) is 4.65. The highest BCUT2D eigenvalue weighted by atomic mass is 79.9. The summed E-state index contributed by atoms with van der Waals surface area (Å²) in [6.45, 7) is 1.69. The molecule has 11 heteroatoms. The van der Waals surface area contributed by atoms with E-state index in [0.717, 1.165) is 53.5 Å². The van der Waals surface area contributed by atoms with E-state index in [1.54, 1.807) is 36.5 Å². The van der Waals surface area contributed by atoms with Crippen molar-refractivity contribution in [3.8, 4) is 17.5 Å². The number of ether oxygens (including phenoxy) is 2. The number of carbonyl (C=O) groups is 2. The standard InChI is InChI=1S/C24H20BrN5O4S/c25-16-4-5-20(26-13-16)30-8-6-17(7-9-30)33-21-12-22(28-14-27-21)34-18-3-1-2-15(10-18)11-19-23(31)29-24(32)35-19/h1-5,10-14,17H,6-9H2,(H,29,31,32)/b19-11-. The molecule has 1 N–H and O–H groups in total. The van der Waals surface area contributed by atoms with Gasteiger partial charge in [-0.3, -0.25) is 14.9 Å². The second-order valence-corrected chi connectivity index (χ2v) is 9.79. The number of benzene rings is 1. The molecule has 2 aromatic heterocycles. The zero-order valence-electron chi connectivity index (χ0n) is 18.4. The molecule has 0 aliphatic carbocycles. The van der Waals surface area contributed by atoms with Crippen molar-refractivity contribution in [1.29, 1.82) is 0 Å². The predicted molar refractivity (Wildman–Crippen MR) is 135 cm³/mol. The molecule has 2 fully saturated rings. The molecule has 0 radical (unpaired) electrons. The molecule has 2 aliphatic rings. The molecule has 0 unspecified atom stereocenters. The lowest BCUT2D eigenvalue weighted by Gasteiger charge is -2.32. The van der Waals surface area contributed by atoms with Gasteiger partial charge >= 0.3 is 0 Å². The summed E-state index contributed by atoms with van der Waals surface area (Å²) in [5.74, 6) is 1.89. The Kier molecular flexibility index (Phi) is 6.96. The molecule has 4 heterocycles. The number of hydrogen-bond acceptors (Lipinski definition) is 9. The zero-order valence-corrected chi connectivity index (χ0v) is 20.8. The number of amides is 2. The third kappa shape index (κ3) is 5.98. The highest BCUT2D eigenvalue weighted by molar-refractivity contribution is 9.10. The minimum atomic E-state index is -0.400. The molecule has 2 saturated heterocycles. The average molecular weight is 554 g/mol. The van der Waals surface area contributed by atoms with Crippen LogP contribution in [-0.4, -0.2) is 45.3 Å². The second-order valence-electron chi connectivity index (χ2n) is 7.86. The van der Waals surface area contributed by atoms with Gasteiger partial charge < -0.3 is 14.4 Å². The highest BCUT2D eigenvalue weighted by Crippen LogP contribution is 2.29. The van der Waals surface area contributed by atoms with E-state index in [1.165, 1.54) is 6.33 Å². The number of hydrogen-bond donors (Lipinski definition) is 1. The van der Waals surface area contributed by atoms with Crippen molar-refractivity contribution in [1.82, 2.24) is 20.3 Å². The number of piperidine rings is 1. The normalized spacial score (nSPS) is 17.5. The van der Waals surface area contributed by atoms with Gasteiger partial charge in [-0.2, -0.15) is 0 Å². The molecule has 1 aromatic carbocycles. The third-order valence-electron chi connectivity index (χ3n) is 5.40. The maximum atomic E-state index is 11.8. The molecular formula is C24H20BrN5O4S. The minimum Gasteiger partial charge on any atom is -0.474 e. The zero-order chi connectivity index (χ0) is 24.2. The molecule has 0 saturated carbocycles. The fraction of sp³-hybridized carbons (Fsp3) is 0.208. The minimum absolute atomic E-state index is 0.0390. The first-order valence-corrected chi connectivity index (χ1v) is 12.5. The van der Waals surface area contributed by atoms with Gasteiger partial charge in [-0.05, 0) is 63.6 Å². The van der Waals surface area contributed by atoms with Gasteiger partial charge in [-0.1, -0.05) is 12.1 Å². The summed E-state index contributed by atoms with van der Waals surface area (Å²) in [6, 6.07) is 12.8. The first-order valence-electron chi connectivity index (χ1n) is 10.9. The summed E-state index contributed by atoms with van der Waals surface area (Å²) in [6.07, 6.45) is 6.59. The molecule has 2 amide bonds. The van der Waals surface area contributed by atoms with Gasteiger partial charge in [0.05, 0.1) is 11.0 Å². The fourth-order valence-electron chi connectivity index (χ4n) is 3.73. The number of anilines is 1. The maximum absolute atomic E-state index is 11.8. The van der Waals surface area contributed by atoms with Gasteiger partial charge in [0.2, 0.25) is 11.8 Å². The Labute approximate surface area is 214 Å². The Hall–Kier alpha value is -3.44. The van der Waals surface area contributed by atoms with Crippen molar-refractivity contribution >= 4 is 50.7 Å². The number of rotatable bonds is 6. The quantitative estimate of drug-likeness (QED) is 0.430. The van der Waals surface area contributed by atoms with E-state index in [9.17, 15) is 9.59 Å². The number of halogens is 1.